The fourth-order valence-corrected chi connectivity index (χ4v) is 2.75. The number of ether oxygens (including phenoxy) is 1. The molecule has 0 aliphatic carbocycles. The van der Waals surface area contributed by atoms with E-state index in [-0.39, 0.29) is 0 Å². The molecule has 0 aromatic carbocycles. The number of rotatable bonds is 1. The lowest BCUT2D eigenvalue weighted by atomic mass is 10.1. The van der Waals surface area contributed by atoms with Crippen molar-refractivity contribution in [3.63, 3.8) is 0 Å². The standard InChI is InChI=1S/C7H5Cl3OS/c8-7(9,10)6(4-11-6)5-2-1-3-12-5/h1-3H,4H2. The maximum atomic E-state index is 5.79. The van der Waals surface area contributed by atoms with Gasteiger partial charge in [0.15, 0.2) is 5.60 Å². The molecule has 1 aromatic heterocycles. The minimum absolute atomic E-state index is 0.490. The first-order valence-electron chi connectivity index (χ1n) is 3.31. The van der Waals surface area contributed by atoms with Crippen LogP contribution in [-0.2, 0) is 10.3 Å². The highest BCUT2D eigenvalue weighted by Gasteiger charge is 2.62. The van der Waals surface area contributed by atoms with Gasteiger partial charge in [0.05, 0.1) is 6.61 Å². The number of thiophene rings is 1. The molecule has 0 amide bonds. The summed E-state index contributed by atoms with van der Waals surface area (Å²) in [5.41, 5.74) is -0.675. The van der Waals surface area contributed by atoms with Crippen LogP contribution >= 0.6 is 46.1 Å². The van der Waals surface area contributed by atoms with Crippen LogP contribution < -0.4 is 0 Å². The van der Waals surface area contributed by atoms with Crippen molar-refractivity contribution in [2.24, 2.45) is 0 Å². The summed E-state index contributed by atoms with van der Waals surface area (Å²) >= 11 is 18.9. The Morgan fingerprint density at radius 3 is 2.50 bits per heavy atom. The van der Waals surface area contributed by atoms with Crippen molar-refractivity contribution in [2.45, 2.75) is 9.39 Å². The third kappa shape index (κ3) is 1.26. The molecule has 1 unspecified atom stereocenters. The highest BCUT2D eigenvalue weighted by Crippen LogP contribution is 2.56. The fraction of sp³-hybridized carbons (Fsp3) is 0.429. The van der Waals surface area contributed by atoms with Gasteiger partial charge in [0.1, 0.15) is 0 Å². The van der Waals surface area contributed by atoms with Gasteiger partial charge in [0.25, 0.3) is 0 Å². The minimum atomic E-state index is -1.36. The van der Waals surface area contributed by atoms with Crippen molar-refractivity contribution < 1.29 is 4.74 Å². The van der Waals surface area contributed by atoms with Crippen LogP contribution in [-0.4, -0.2) is 10.4 Å². The first-order valence-corrected chi connectivity index (χ1v) is 5.32. The zero-order valence-corrected chi connectivity index (χ0v) is 8.97. The highest BCUT2D eigenvalue weighted by molar-refractivity contribution is 7.10. The summed E-state index contributed by atoms with van der Waals surface area (Å²) < 4.78 is 3.86. The first kappa shape index (κ1) is 9.10. The molecule has 1 aromatic rings. The smallest absolute Gasteiger partial charge is 0.226 e. The molecule has 1 aliphatic rings. The predicted molar refractivity (Wildman–Crippen MR) is 52.2 cm³/mol. The van der Waals surface area contributed by atoms with Crippen molar-refractivity contribution in [1.29, 1.82) is 0 Å². The van der Waals surface area contributed by atoms with E-state index < -0.39 is 9.39 Å². The first-order chi connectivity index (χ1) is 5.56. The molecule has 2 heterocycles. The summed E-state index contributed by atoms with van der Waals surface area (Å²) in [6.07, 6.45) is 0. The van der Waals surface area contributed by atoms with E-state index in [1.165, 1.54) is 0 Å². The van der Waals surface area contributed by atoms with Crippen LogP contribution in [0.2, 0.25) is 0 Å². The molecule has 1 atom stereocenters. The van der Waals surface area contributed by atoms with Crippen LogP contribution in [0.15, 0.2) is 17.5 Å². The maximum Gasteiger partial charge on any atom is 0.226 e. The second kappa shape index (κ2) is 2.76. The van der Waals surface area contributed by atoms with Crippen molar-refractivity contribution >= 4 is 46.1 Å². The molecule has 2 rings (SSSR count). The Morgan fingerprint density at radius 1 is 1.50 bits per heavy atom. The fourth-order valence-electron chi connectivity index (χ4n) is 1.03. The van der Waals surface area contributed by atoms with E-state index in [1.54, 1.807) is 11.3 Å². The van der Waals surface area contributed by atoms with Crippen molar-refractivity contribution in [3.05, 3.63) is 22.4 Å². The van der Waals surface area contributed by atoms with Gasteiger partial charge in [-0.15, -0.1) is 11.3 Å². The molecule has 0 bridgehead atoms. The summed E-state index contributed by atoms with van der Waals surface area (Å²) in [7, 11) is 0. The third-order valence-corrected chi connectivity index (χ3v) is 3.74. The predicted octanol–water partition coefficient (Wildman–Crippen LogP) is 3.34. The summed E-state index contributed by atoms with van der Waals surface area (Å²) in [5.74, 6) is 0. The van der Waals surface area contributed by atoms with E-state index in [9.17, 15) is 0 Å². The van der Waals surface area contributed by atoms with Crippen molar-refractivity contribution in [1.82, 2.24) is 0 Å². The summed E-state index contributed by atoms with van der Waals surface area (Å²) in [5, 5.41) is 1.94. The van der Waals surface area contributed by atoms with Gasteiger partial charge in [-0.1, -0.05) is 40.9 Å². The molecule has 5 heteroatoms. The van der Waals surface area contributed by atoms with E-state index in [4.69, 9.17) is 39.5 Å². The zero-order chi connectivity index (χ0) is 8.82. The summed E-state index contributed by atoms with van der Waals surface area (Å²) in [6, 6.07) is 3.83. The van der Waals surface area contributed by atoms with Crippen molar-refractivity contribution in [3.8, 4) is 0 Å². The average Bonchev–Trinajstić information content (AvgIpc) is 2.61. The minimum Gasteiger partial charge on any atom is -0.359 e. The third-order valence-electron chi connectivity index (χ3n) is 1.81. The molecule has 66 valence electrons. The Labute approximate surface area is 89.2 Å². The Hall–Kier alpha value is 0.530. The van der Waals surface area contributed by atoms with E-state index in [0.717, 1.165) is 4.88 Å². The lowest BCUT2D eigenvalue weighted by Crippen LogP contribution is -2.25. The number of alkyl halides is 3. The van der Waals surface area contributed by atoms with Crippen LogP contribution in [0.3, 0.4) is 0 Å². The summed E-state index contributed by atoms with van der Waals surface area (Å²) in [6.45, 7) is 0.490. The van der Waals surface area contributed by atoms with Gasteiger partial charge < -0.3 is 4.74 Å². The molecule has 1 fully saturated rings. The maximum absolute atomic E-state index is 5.79. The number of epoxide rings is 1. The topological polar surface area (TPSA) is 12.5 Å². The Morgan fingerprint density at radius 2 is 2.17 bits per heavy atom. The average molecular weight is 244 g/mol. The number of hydrogen-bond donors (Lipinski definition) is 0. The van der Waals surface area contributed by atoms with E-state index >= 15 is 0 Å². The lowest BCUT2D eigenvalue weighted by molar-refractivity contribution is 0.316. The van der Waals surface area contributed by atoms with E-state index in [0.29, 0.717) is 6.61 Å². The normalized spacial score (nSPS) is 28.9. The van der Waals surface area contributed by atoms with Gasteiger partial charge in [0.2, 0.25) is 3.79 Å². The van der Waals surface area contributed by atoms with E-state index in [1.807, 2.05) is 17.5 Å². The quantitative estimate of drug-likeness (QED) is 0.544. The van der Waals surface area contributed by atoms with Crippen LogP contribution in [0.25, 0.3) is 0 Å². The molecule has 0 spiro atoms. The SMILES string of the molecule is ClC(Cl)(Cl)C1(c2cccs2)CO1. The van der Waals surface area contributed by atoms with E-state index in [2.05, 4.69) is 0 Å². The molecule has 1 nitrogen and oxygen atoms in total. The Balaban J connectivity index is 2.35. The molecular weight excluding hydrogens is 239 g/mol. The van der Waals surface area contributed by atoms with Gasteiger partial charge >= 0.3 is 0 Å². The van der Waals surface area contributed by atoms with Crippen LogP contribution in [0.4, 0.5) is 0 Å². The Kier molecular flexibility index (Phi) is 2.09. The van der Waals surface area contributed by atoms with Gasteiger partial charge in [-0.2, -0.15) is 0 Å². The highest BCUT2D eigenvalue weighted by atomic mass is 35.6. The second-order valence-corrected chi connectivity index (χ2v) is 5.82. The molecule has 0 saturated carbocycles. The number of halogens is 3. The zero-order valence-electron chi connectivity index (χ0n) is 5.89. The Bertz CT molecular complexity index is 273. The van der Waals surface area contributed by atoms with Crippen molar-refractivity contribution in [2.75, 3.05) is 6.61 Å². The van der Waals surface area contributed by atoms with Gasteiger partial charge in [-0.3, -0.25) is 0 Å². The lowest BCUT2D eigenvalue weighted by Gasteiger charge is -2.18. The van der Waals surface area contributed by atoms with Gasteiger partial charge in [0, 0.05) is 4.88 Å². The summed E-state index contributed by atoms with van der Waals surface area (Å²) in [4.78, 5) is 0.975. The molecule has 1 aliphatic heterocycles. The van der Waals surface area contributed by atoms with Gasteiger partial charge in [-0.25, -0.2) is 0 Å². The van der Waals surface area contributed by atoms with Gasteiger partial charge in [-0.05, 0) is 11.4 Å². The molecule has 0 N–H and O–H groups in total. The van der Waals surface area contributed by atoms with Crippen LogP contribution in [0, 0.1) is 0 Å². The molecule has 12 heavy (non-hydrogen) atoms. The monoisotopic (exact) mass is 242 g/mol. The largest absolute Gasteiger partial charge is 0.359 e. The van der Waals surface area contributed by atoms with Crippen LogP contribution in [0.1, 0.15) is 4.88 Å². The number of hydrogen-bond acceptors (Lipinski definition) is 2. The van der Waals surface area contributed by atoms with Crippen LogP contribution in [0.5, 0.6) is 0 Å². The molecule has 1 saturated heterocycles. The second-order valence-electron chi connectivity index (χ2n) is 2.59. The molecule has 0 radical (unpaired) electrons. The molecular formula is C7H5Cl3OS.